The first-order chi connectivity index (χ1) is 11.0. The third kappa shape index (κ3) is 4.38. The van der Waals surface area contributed by atoms with Crippen molar-refractivity contribution in [2.24, 2.45) is 0 Å². The molecule has 1 aromatic carbocycles. The van der Waals surface area contributed by atoms with Crippen molar-refractivity contribution in [2.45, 2.75) is 20.4 Å². The Hall–Kier alpha value is -2.70. The number of carbonyl (C=O) groups is 1. The van der Waals surface area contributed by atoms with Crippen LogP contribution in [0.3, 0.4) is 0 Å². The third-order valence-electron chi connectivity index (χ3n) is 3.39. The predicted octanol–water partition coefficient (Wildman–Crippen LogP) is 1.19. The minimum absolute atomic E-state index is 0.0252. The maximum absolute atomic E-state index is 13.3. The Bertz CT molecular complexity index is 758. The zero-order valence-electron chi connectivity index (χ0n) is 13.0. The van der Waals surface area contributed by atoms with E-state index in [1.807, 2.05) is 0 Å². The summed E-state index contributed by atoms with van der Waals surface area (Å²) < 4.78 is 19.8. The van der Waals surface area contributed by atoms with Gasteiger partial charge in [-0.3, -0.25) is 14.2 Å². The van der Waals surface area contributed by atoms with Crippen molar-refractivity contribution >= 4 is 5.91 Å². The Kier molecular flexibility index (Phi) is 5.46. The average Bonchev–Trinajstić information content (AvgIpc) is 2.54. The van der Waals surface area contributed by atoms with Gasteiger partial charge in [-0.2, -0.15) is 0 Å². The highest BCUT2D eigenvalue weighted by atomic mass is 19.1. The van der Waals surface area contributed by atoms with E-state index < -0.39 is 11.7 Å². The zero-order valence-corrected chi connectivity index (χ0v) is 13.0. The first-order valence-electron chi connectivity index (χ1n) is 7.15. The second-order valence-corrected chi connectivity index (χ2v) is 5.02. The van der Waals surface area contributed by atoms with Crippen LogP contribution in [0, 0.1) is 19.7 Å². The first kappa shape index (κ1) is 16.7. The Morgan fingerprint density at radius 2 is 2.09 bits per heavy atom. The van der Waals surface area contributed by atoms with Gasteiger partial charge in [-0.25, -0.2) is 9.37 Å². The lowest BCUT2D eigenvalue weighted by atomic mass is 10.3. The molecule has 0 aliphatic carbocycles. The summed E-state index contributed by atoms with van der Waals surface area (Å²) in [5.41, 5.74) is 1.14. The largest absolute Gasteiger partial charge is 0.481 e. The summed E-state index contributed by atoms with van der Waals surface area (Å²) in [5, 5.41) is 2.61. The molecule has 0 spiro atoms. The fourth-order valence-electron chi connectivity index (χ4n) is 1.91. The summed E-state index contributed by atoms with van der Waals surface area (Å²) in [6.45, 7) is 3.74. The summed E-state index contributed by atoms with van der Waals surface area (Å²) in [4.78, 5) is 27.7. The van der Waals surface area contributed by atoms with E-state index >= 15 is 0 Å². The molecule has 1 heterocycles. The van der Waals surface area contributed by atoms with E-state index in [0.717, 1.165) is 0 Å². The second-order valence-electron chi connectivity index (χ2n) is 5.02. The molecule has 0 fully saturated rings. The highest BCUT2D eigenvalue weighted by Crippen LogP contribution is 2.14. The minimum Gasteiger partial charge on any atom is -0.481 e. The standard InChI is InChI=1S/C16H18FN3O3/c1-11-12(2)19-10-20(16(11)22)8-7-18-15(21)9-23-14-6-4-3-5-13(14)17/h3-6,10H,7-9H2,1-2H3,(H,18,21). The molecule has 0 radical (unpaired) electrons. The summed E-state index contributed by atoms with van der Waals surface area (Å²) in [5.74, 6) is -0.886. The molecule has 7 heteroatoms. The quantitative estimate of drug-likeness (QED) is 0.868. The van der Waals surface area contributed by atoms with E-state index in [9.17, 15) is 14.0 Å². The van der Waals surface area contributed by atoms with Gasteiger partial charge in [-0.15, -0.1) is 0 Å². The summed E-state index contributed by atoms with van der Waals surface area (Å²) in [6.07, 6.45) is 1.45. The van der Waals surface area contributed by atoms with Crippen LogP contribution in [0.1, 0.15) is 11.3 Å². The highest BCUT2D eigenvalue weighted by molar-refractivity contribution is 5.77. The first-order valence-corrected chi connectivity index (χ1v) is 7.15. The molecule has 0 atom stereocenters. The molecule has 0 saturated heterocycles. The van der Waals surface area contributed by atoms with Crippen LogP contribution in [0.2, 0.25) is 0 Å². The summed E-state index contributed by atoms with van der Waals surface area (Å²) in [6, 6.07) is 5.86. The Balaban J connectivity index is 1.80. The number of nitrogens with zero attached hydrogens (tertiary/aromatic N) is 2. The van der Waals surface area contributed by atoms with E-state index in [4.69, 9.17) is 4.74 Å². The Morgan fingerprint density at radius 3 is 2.83 bits per heavy atom. The van der Waals surface area contributed by atoms with E-state index in [2.05, 4.69) is 10.3 Å². The van der Waals surface area contributed by atoms with Crippen LogP contribution in [0.4, 0.5) is 4.39 Å². The van der Waals surface area contributed by atoms with Crippen LogP contribution in [-0.4, -0.2) is 28.6 Å². The Labute approximate surface area is 132 Å². The smallest absolute Gasteiger partial charge is 0.258 e. The lowest BCUT2D eigenvalue weighted by molar-refractivity contribution is -0.123. The van der Waals surface area contributed by atoms with Crippen molar-refractivity contribution in [1.29, 1.82) is 0 Å². The van der Waals surface area contributed by atoms with E-state index in [-0.39, 0.29) is 24.5 Å². The van der Waals surface area contributed by atoms with Gasteiger partial charge in [0.05, 0.1) is 6.33 Å². The number of nitrogens with one attached hydrogen (secondary N) is 1. The predicted molar refractivity (Wildman–Crippen MR) is 82.9 cm³/mol. The van der Waals surface area contributed by atoms with Gasteiger partial charge >= 0.3 is 0 Å². The van der Waals surface area contributed by atoms with Crippen molar-refractivity contribution < 1.29 is 13.9 Å². The number of ether oxygens (including phenoxy) is 1. The highest BCUT2D eigenvalue weighted by Gasteiger charge is 2.07. The van der Waals surface area contributed by atoms with Crippen molar-refractivity contribution in [3.63, 3.8) is 0 Å². The van der Waals surface area contributed by atoms with E-state index in [0.29, 0.717) is 17.8 Å². The monoisotopic (exact) mass is 319 g/mol. The number of hydrogen-bond donors (Lipinski definition) is 1. The number of benzene rings is 1. The molecule has 2 aromatic rings. The molecular weight excluding hydrogens is 301 g/mol. The van der Waals surface area contributed by atoms with Crippen molar-refractivity contribution in [3.8, 4) is 5.75 Å². The van der Waals surface area contributed by atoms with Crippen LogP contribution in [0.25, 0.3) is 0 Å². The number of halogens is 1. The van der Waals surface area contributed by atoms with Crippen LogP contribution < -0.4 is 15.6 Å². The van der Waals surface area contributed by atoms with Crippen LogP contribution in [-0.2, 0) is 11.3 Å². The van der Waals surface area contributed by atoms with Gasteiger partial charge in [0.2, 0.25) is 0 Å². The minimum atomic E-state index is -0.520. The molecule has 2 rings (SSSR count). The van der Waals surface area contributed by atoms with Gasteiger partial charge in [0, 0.05) is 24.3 Å². The van der Waals surface area contributed by atoms with Crippen molar-refractivity contribution in [2.75, 3.05) is 13.2 Å². The molecule has 23 heavy (non-hydrogen) atoms. The molecule has 122 valence electrons. The fraction of sp³-hybridized carbons (Fsp3) is 0.312. The molecule has 1 N–H and O–H groups in total. The SMILES string of the molecule is Cc1ncn(CCNC(=O)COc2ccccc2F)c(=O)c1C. The molecule has 0 unspecified atom stereocenters. The van der Waals surface area contributed by atoms with Gasteiger partial charge in [0.1, 0.15) is 0 Å². The number of aromatic nitrogens is 2. The molecule has 0 bridgehead atoms. The molecule has 0 aliphatic heterocycles. The van der Waals surface area contributed by atoms with Crippen molar-refractivity contribution in [1.82, 2.24) is 14.9 Å². The number of para-hydroxylation sites is 1. The Morgan fingerprint density at radius 1 is 1.35 bits per heavy atom. The number of aryl methyl sites for hydroxylation is 1. The summed E-state index contributed by atoms with van der Waals surface area (Å²) >= 11 is 0. The normalized spacial score (nSPS) is 10.4. The number of rotatable bonds is 6. The van der Waals surface area contributed by atoms with Gasteiger partial charge in [0.15, 0.2) is 18.2 Å². The average molecular weight is 319 g/mol. The number of amides is 1. The van der Waals surface area contributed by atoms with Gasteiger partial charge in [-0.1, -0.05) is 12.1 Å². The molecular formula is C16H18FN3O3. The lowest BCUT2D eigenvalue weighted by Crippen LogP contribution is -2.34. The summed E-state index contributed by atoms with van der Waals surface area (Å²) in [7, 11) is 0. The molecule has 1 aromatic heterocycles. The molecule has 0 aliphatic rings. The number of carbonyl (C=O) groups excluding carboxylic acids is 1. The number of hydrogen-bond acceptors (Lipinski definition) is 4. The second kappa shape index (κ2) is 7.53. The van der Waals surface area contributed by atoms with Crippen LogP contribution in [0.5, 0.6) is 5.75 Å². The fourth-order valence-corrected chi connectivity index (χ4v) is 1.91. The zero-order chi connectivity index (χ0) is 16.8. The molecule has 1 amide bonds. The topological polar surface area (TPSA) is 73.2 Å². The van der Waals surface area contributed by atoms with Gasteiger partial charge < -0.3 is 10.1 Å². The van der Waals surface area contributed by atoms with Gasteiger partial charge in [0.25, 0.3) is 11.5 Å². The van der Waals surface area contributed by atoms with E-state index in [1.165, 1.54) is 29.1 Å². The lowest BCUT2D eigenvalue weighted by Gasteiger charge is -2.10. The van der Waals surface area contributed by atoms with E-state index in [1.54, 1.807) is 19.9 Å². The van der Waals surface area contributed by atoms with Gasteiger partial charge in [-0.05, 0) is 26.0 Å². The maximum atomic E-state index is 13.3. The van der Waals surface area contributed by atoms with Crippen molar-refractivity contribution in [3.05, 3.63) is 58.0 Å². The third-order valence-corrected chi connectivity index (χ3v) is 3.39. The van der Waals surface area contributed by atoms with Crippen LogP contribution >= 0.6 is 0 Å². The molecule has 6 nitrogen and oxygen atoms in total. The maximum Gasteiger partial charge on any atom is 0.258 e. The van der Waals surface area contributed by atoms with Crippen LogP contribution in [0.15, 0.2) is 35.4 Å². The molecule has 0 saturated carbocycles.